The Labute approximate surface area is 135 Å². The molecule has 4 rings (SSSR count). The van der Waals surface area contributed by atoms with Gasteiger partial charge in [-0.15, -0.1) is 10.2 Å². The number of likely N-dealkylation sites (tertiary alicyclic amines) is 1. The Hall–Kier alpha value is -2.18. The van der Waals surface area contributed by atoms with Crippen LogP contribution in [-0.2, 0) is 13.6 Å². The molecule has 1 saturated heterocycles. The molecule has 0 aromatic carbocycles. The van der Waals surface area contributed by atoms with E-state index in [2.05, 4.69) is 15.3 Å². The van der Waals surface area contributed by atoms with Crippen LogP contribution < -0.4 is 0 Å². The van der Waals surface area contributed by atoms with E-state index in [9.17, 15) is 4.79 Å². The van der Waals surface area contributed by atoms with Crippen molar-refractivity contribution in [2.45, 2.75) is 38.6 Å². The number of amides is 1. The van der Waals surface area contributed by atoms with Crippen molar-refractivity contribution in [1.29, 1.82) is 0 Å². The van der Waals surface area contributed by atoms with Crippen molar-refractivity contribution in [3.8, 4) is 0 Å². The van der Waals surface area contributed by atoms with E-state index in [0.29, 0.717) is 12.2 Å². The Morgan fingerprint density at radius 1 is 1.43 bits per heavy atom. The van der Waals surface area contributed by atoms with Crippen molar-refractivity contribution < 1.29 is 4.79 Å². The first-order valence-electron chi connectivity index (χ1n) is 8.29. The standard InChI is InChI=1S/C16H22N6O/c1-3-22-8-5-13(19-22)15(23)21-9-12(14-18-17-11-20(14)2)16(10-21)6-4-7-16/h5,8,11-12H,3-4,6-7,9-10H2,1-2H3. The fraction of sp³-hybridized carbons (Fsp3) is 0.625. The number of nitrogens with zero attached hydrogens (tertiary/aromatic N) is 6. The lowest BCUT2D eigenvalue weighted by atomic mass is 9.62. The number of hydrogen-bond donors (Lipinski definition) is 0. The van der Waals surface area contributed by atoms with E-state index in [4.69, 9.17) is 0 Å². The van der Waals surface area contributed by atoms with Crippen molar-refractivity contribution in [3.63, 3.8) is 0 Å². The van der Waals surface area contributed by atoms with Gasteiger partial charge in [-0.3, -0.25) is 9.48 Å². The van der Waals surface area contributed by atoms with Gasteiger partial charge in [0.15, 0.2) is 0 Å². The van der Waals surface area contributed by atoms with Gasteiger partial charge in [-0.2, -0.15) is 5.10 Å². The largest absolute Gasteiger partial charge is 0.336 e. The van der Waals surface area contributed by atoms with Gasteiger partial charge in [0, 0.05) is 38.8 Å². The van der Waals surface area contributed by atoms with Gasteiger partial charge in [0.25, 0.3) is 5.91 Å². The van der Waals surface area contributed by atoms with E-state index in [1.807, 2.05) is 35.7 Å². The molecule has 0 N–H and O–H groups in total. The molecule has 23 heavy (non-hydrogen) atoms. The summed E-state index contributed by atoms with van der Waals surface area (Å²) in [7, 11) is 1.98. The summed E-state index contributed by atoms with van der Waals surface area (Å²) in [5, 5.41) is 12.7. The third-order valence-corrected chi connectivity index (χ3v) is 5.53. The lowest BCUT2D eigenvalue weighted by Crippen LogP contribution is -2.38. The third kappa shape index (κ3) is 2.17. The van der Waals surface area contributed by atoms with Gasteiger partial charge in [-0.05, 0) is 31.2 Å². The van der Waals surface area contributed by atoms with Crippen LogP contribution in [0, 0.1) is 5.41 Å². The second-order valence-electron chi connectivity index (χ2n) is 6.81. The number of aromatic nitrogens is 5. The van der Waals surface area contributed by atoms with Crippen molar-refractivity contribution in [3.05, 3.63) is 30.1 Å². The van der Waals surface area contributed by atoms with Crippen LogP contribution in [0.2, 0.25) is 0 Å². The molecule has 2 fully saturated rings. The molecule has 1 saturated carbocycles. The number of rotatable bonds is 3. The molecule has 1 unspecified atom stereocenters. The minimum Gasteiger partial charge on any atom is -0.336 e. The predicted octanol–water partition coefficient (Wildman–Crippen LogP) is 1.44. The quantitative estimate of drug-likeness (QED) is 0.859. The summed E-state index contributed by atoms with van der Waals surface area (Å²) in [5.41, 5.74) is 0.726. The molecular weight excluding hydrogens is 292 g/mol. The third-order valence-electron chi connectivity index (χ3n) is 5.53. The van der Waals surface area contributed by atoms with Gasteiger partial charge in [0.2, 0.25) is 0 Å². The second kappa shape index (κ2) is 5.18. The van der Waals surface area contributed by atoms with Gasteiger partial charge in [0.1, 0.15) is 17.8 Å². The topological polar surface area (TPSA) is 68.8 Å². The molecule has 1 aliphatic carbocycles. The van der Waals surface area contributed by atoms with Crippen LogP contribution in [0.4, 0.5) is 0 Å². The molecular formula is C16H22N6O. The highest BCUT2D eigenvalue weighted by Gasteiger charge is 2.53. The Balaban J connectivity index is 1.60. The molecule has 1 atom stereocenters. The summed E-state index contributed by atoms with van der Waals surface area (Å²) in [5.74, 6) is 1.31. The SMILES string of the molecule is CCn1ccc(C(=O)N2CC(c3nncn3C)C3(CCC3)C2)n1. The highest BCUT2D eigenvalue weighted by atomic mass is 16.2. The molecule has 2 aliphatic rings. The fourth-order valence-corrected chi connectivity index (χ4v) is 4.04. The maximum absolute atomic E-state index is 12.8. The van der Waals surface area contributed by atoms with Crippen LogP contribution in [0.25, 0.3) is 0 Å². The van der Waals surface area contributed by atoms with Gasteiger partial charge < -0.3 is 9.47 Å². The van der Waals surface area contributed by atoms with Crippen LogP contribution in [-0.4, -0.2) is 48.4 Å². The monoisotopic (exact) mass is 314 g/mol. The Kier molecular flexibility index (Phi) is 3.25. The maximum Gasteiger partial charge on any atom is 0.274 e. The highest BCUT2D eigenvalue weighted by Crippen LogP contribution is 2.55. The Bertz CT molecular complexity index is 729. The van der Waals surface area contributed by atoms with Crippen molar-refractivity contribution in [2.24, 2.45) is 12.5 Å². The molecule has 3 heterocycles. The molecule has 1 spiro atoms. The van der Waals surface area contributed by atoms with E-state index in [-0.39, 0.29) is 17.2 Å². The molecule has 7 heteroatoms. The Morgan fingerprint density at radius 3 is 2.83 bits per heavy atom. The lowest BCUT2D eigenvalue weighted by molar-refractivity contribution is 0.0717. The normalized spacial score (nSPS) is 22.5. The minimum absolute atomic E-state index is 0.0353. The van der Waals surface area contributed by atoms with Crippen LogP contribution in [0.3, 0.4) is 0 Å². The molecule has 122 valence electrons. The Morgan fingerprint density at radius 2 is 2.26 bits per heavy atom. The van der Waals surface area contributed by atoms with E-state index in [1.54, 1.807) is 11.0 Å². The zero-order chi connectivity index (χ0) is 16.0. The van der Waals surface area contributed by atoms with E-state index < -0.39 is 0 Å². The highest BCUT2D eigenvalue weighted by molar-refractivity contribution is 5.92. The van der Waals surface area contributed by atoms with E-state index in [1.165, 1.54) is 6.42 Å². The van der Waals surface area contributed by atoms with Crippen LogP contribution >= 0.6 is 0 Å². The van der Waals surface area contributed by atoms with Gasteiger partial charge >= 0.3 is 0 Å². The van der Waals surface area contributed by atoms with Crippen molar-refractivity contribution in [1.82, 2.24) is 29.4 Å². The average Bonchev–Trinajstić information content (AvgIpc) is 3.22. The number of hydrogen-bond acceptors (Lipinski definition) is 4. The number of carbonyl (C=O) groups excluding carboxylic acids is 1. The van der Waals surface area contributed by atoms with Gasteiger partial charge in [0.05, 0.1) is 0 Å². The summed E-state index contributed by atoms with van der Waals surface area (Å²) in [6.45, 7) is 4.32. The van der Waals surface area contributed by atoms with Crippen LogP contribution in [0.15, 0.2) is 18.6 Å². The first-order chi connectivity index (χ1) is 11.1. The van der Waals surface area contributed by atoms with Crippen molar-refractivity contribution in [2.75, 3.05) is 13.1 Å². The lowest BCUT2D eigenvalue weighted by Gasteiger charge is -2.42. The van der Waals surface area contributed by atoms with E-state index in [0.717, 1.165) is 31.8 Å². The zero-order valence-corrected chi connectivity index (χ0v) is 13.6. The predicted molar refractivity (Wildman–Crippen MR) is 83.8 cm³/mol. The molecule has 0 bridgehead atoms. The zero-order valence-electron chi connectivity index (χ0n) is 13.6. The second-order valence-corrected chi connectivity index (χ2v) is 6.81. The first kappa shape index (κ1) is 14.4. The maximum atomic E-state index is 12.8. The molecule has 7 nitrogen and oxygen atoms in total. The molecule has 1 amide bonds. The smallest absolute Gasteiger partial charge is 0.274 e. The summed E-state index contributed by atoms with van der Waals surface area (Å²) >= 11 is 0. The van der Waals surface area contributed by atoms with Crippen LogP contribution in [0.5, 0.6) is 0 Å². The summed E-state index contributed by atoms with van der Waals surface area (Å²) in [4.78, 5) is 14.8. The molecule has 0 radical (unpaired) electrons. The molecule has 1 aliphatic heterocycles. The number of carbonyl (C=O) groups is 1. The summed E-state index contributed by atoms with van der Waals surface area (Å²) in [6.07, 6.45) is 7.17. The first-order valence-corrected chi connectivity index (χ1v) is 8.29. The fourth-order valence-electron chi connectivity index (χ4n) is 4.04. The van der Waals surface area contributed by atoms with Gasteiger partial charge in [-0.25, -0.2) is 0 Å². The summed E-state index contributed by atoms with van der Waals surface area (Å²) < 4.78 is 3.78. The van der Waals surface area contributed by atoms with Crippen LogP contribution in [0.1, 0.15) is 48.4 Å². The number of aryl methyl sites for hydroxylation is 2. The van der Waals surface area contributed by atoms with E-state index >= 15 is 0 Å². The molecule has 2 aromatic rings. The van der Waals surface area contributed by atoms with Crippen molar-refractivity contribution >= 4 is 5.91 Å². The molecule has 2 aromatic heterocycles. The average molecular weight is 314 g/mol. The summed E-state index contributed by atoms with van der Waals surface area (Å²) in [6, 6.07) is 1.81. The minimum atomic E-state index is 0.0353. The van der Waals surface area contributed by atoms with Gasteiger partial charge in [-0.1, -0.05) is 6.42 Å².